The molecule has 1 unspecified atom stereocenters. The number of rotatable bonds is 9. The Balaban J connectivity index is 2.03. The second-order valence-electron chi connectivity index (χ2n) is 6.68. The van der Waals surface area contributed by atoms with E-state index in [0.717, 1.165) is 24.8 Å². The summed E-state index contributed by atoms with van der Waals surface area (Å²) in [5.41, 5.74) is 0.914. The molecule has 0 saturated carbocycles. The van der Waals surface area contributed by atoms with E-state index in [1.165, 1.54) is 11.3 Å². The zero-order valence-electron chi connectivity index (χ0n) is 16.2. The molecule has 2 aromatic rings. The fourth-order valence-corrected chi connectivity index (χ4v) is 4.15. The third kappa shape index (κ3) is 3.97. The van der Waals surface area contributed by atoms with Crippen LogP contribution in [-0.2, 0) is 4.79 Å². The summed E-state index contributed by atoms with van der Waals surface area (Å²) in [5, 5.41) is 12.4. The maximum atomic E-state index is 13.1. The zero-order chi connectivity index (χ0) is 20.1. The van der Waals surface area contributed by atoms with Gasteiger partial charge in [-0.3, -0.25) is 9.59 Å². The molecule has 1 atom stereocenters. The maximum absolute atomic E-state index is 13.1. The molecule has 0 bridgehead atoms. The zero-order valence-corrected chi connectivity index (χ0v) is 17.0. The minimum absolute atomic E-state index is 0.151. The first-order chi connectivity index (χ1) is 13.6. The van der Waals surface area contributed by atoms with Crippen molar-refractivity contribution in [3.05, 3.63) is 63.6 Å². The topological polar surface area (TPSA) is 66.8 Å². The van der Waals surface area contributed by atoms with Crippen LogP contribution in [0.3, 0.4) is 0 Å². The molecule has 6 heteroatoms. The van der Waals surface area contributed by atoms with Crippen molar-refractivity contribution in [3.8, 4) is 5.75 Å². The van der Waals surface area contributed by atoms with Crippen LogP contribution in [0.5, 0.6) is 5.75 Å². The lowest BCUT2D eigenvalue weighted by Gasteiger charge is -2.27. The third-order valence-electron chi connectivity index (χ3n) is 4.78. The van der Waals surface area contributed by atoms with Crippen molar-refractivity contribution in [2.45, 2.75) is 39.2 Å². The lowest BCUT2D eigenvalue weighted by Crippen LogP contribution is -2.32. The van der Waals surface area contributed by atoms with Gasteiger partial charge in [0.15, 0.2) is 5.76 Å². The Morgan fingerprint density at radius 1 is 1.21 bits per heavy atom. The summed E-state index contributed by atoms with van der Waals surface area (Å²) in [6.07, 6.45) is 2.81. The maximum Gasteiger partial charge on any atom is 0.290 e. The molecule has 2 heterocycles. The molecule has 1 aliphatic rings. The van der Waals surface area contributed by atoms with Crippen molar-refractivity contribution in [3.63, 3.8) is 0 Å². The number of unbranched alkanes of at least 4 members (excludes halogenated alkanes) is 2. The van der Waals surface area contributed by atoms with Gasteiger partial charge in [0.25, 0.3) is 5.91 Å². The van der Waals surface area contributed by atoms with Gasteiger partial charge in [0.05, 0.1) is 23.1 Å². The SMILES string of the molecule is CCCCCN1C(=O)C(O)=C(C(=O)c2cccs2)C1c1cccc(OCC)c1. The van der Waals surface area contributed by atoms with Gasteiger partial charge >= 0.3 is 0 Å². The molecule has 0 aliphatic carbocycles. The van der Waals surface area contributed by atoms with E-state index >= 15 is 0 Å². The first-order valence-electron chi connectivity index (χ1n) is 9.63. The van der Waals surface area contributed by atoms with Gasteiger partial charge in [-0.05, 0) is 42.5 Å². The van der Waals surface area contributed by atoms with Crippen molar-refractivity contribution < 1.29 is 19.4 Å². The van der Waals surface area contributed by atoms with Gasteiger partial charge in [-0.15, -0.1) is 11.3 Å². The van der Waals surface area contributed by atoms with E-state index < -0.39 is 17.7 Å². The summed E-state index contributed by atoms with van der Waals surface area (Å²) in [5.74, 6) is -0.551. The van der Waals surface area contributed by atoms with Crippen LogP contribution >= 0.6 is 11.3 Å². The minimum atomic E-state index is -0.612. The molecule has 1 N–H and O–H groups in total. The van der Waals surface area contributed by atoms with Crippen LogP contribution in [0.2, 0.25) is 0 Å². The van der Waals surface area contributed by atoms with Crippen LogP contribution in [0.1, 0.15) is 54.4 Å². The van der Waals surface area contributed by atoms with E-state index in [1.54, 1.807) is 17.0 Å². The molecule has 1 aromatic heterocycles. The number of Topliss-reactive ketones (excluding diaryl/α,β-unsaturated/α-hetero) is 1. The minimum Gasteiger partial charge on any atom is -0.503 e. The number of benzene rings is 1. The van der Waals surface area contributed by atoms with Gasteiger partial charge < -0.3 is 14.7 Å². The van der Waals surface area contributed by atoms with Gasteiger partial charge in [0.2, 0.25) is 5.78 Å². The highest BCUT2D eigenvalue weighted by atomic mass is 32.1. The Morgan fingerprint density at radius 2 is 2.04 bits per heavy atom. The second kappa shape index (κ2) is 9.06. The molecule has 1 aliphatic heterocycles. The largest absolute Gasteiger partial charge is 0.503 e. The fraction of sp³-hybridized carbons (Fsp3) is 0.364. The Morgan fingerprint density at radius 3 is 2.71 bits per heavy atom. The highest BCUT2D eigenvalue weighted by Gasteiger charge is 2.43. The smallest absolute Gasteiger partial charge is 0.290 e. The summed E-state index contributed by atoms with van der Waals surface area (Å²) in [6.45, 7) is 5.01. The molecule has 1 aromatic carbocycles. The van der Waals surface area contributed by atoms with Crippen molar-refractivity contribution >= 4 is 23.0 Å². The van der Waals surface area contributed by atoms with Crippen molar-refractivity contribution in [2.75, 3.05) is 13.2 Å². The molecule has 0 radical (unpaired) electrons. The average Bonchev–Trinajstić information content (AvgIpc) is 3.31. The molecular weight excluding hydrogens is 374 g/mol. The van der Waals surface area contributed by atoms with Crippen LogP contribution < -0.4 is 4.74 Å². The predicted octanol–water partition coefficient (Wildman–Crippen LogP) is 4.92. The van der Waals surface area contributed by atoms with E-state index in [0.29, 0.717) is 23.8 Å². The van der Waals surface area contributed by atoms with Gasteiger partial charge in [-0.1, -0.05) is 38.0 Å². The summed E-state index contributed by atoms with van der Waals surface area (Å²) >= 11 is 1.30. The molecule has 3 rings (SSSR count). The van der Waals surface area contributed by atoms with Gasteiger partial charge in [-0.25, -0.2) is 0 Å². The van der Waals surface area contributed by atoms with Crippen molar-refractivity contribution in [1.29, 1.82) is 0 Å². The number of carbonyl (C=O) groups is 2. The number of carbonyl (C=O) groups excluding carboxylic acids is 2. The quantitative estimate of drug-likeness (QED) is 0.480. The van der Waals surface area contributed by atoms with Crippen LogP contribution in [0, 0.1) is 0 Å². The molecular formula is C22H25NO4S. The first kappa shape index (κ1) is 20.1. The Bertz CT molecular complexity index is 872. The summed E-state index contributed by atoms with van der Waals surface area (Å²) in [7, 11) is 0. The van der Waals surface area contributed by atoms with Crippen molar-refractivity contribution in [1.82, 2.24) is 4.90 Å². The van der Waals surface area contributed by atoms with Gasteiger partial charge in [-0.2, -0.15) is 0 Å². The number of hydrogen-bond acceptors (Lipinski definition) is 5. The summed E-state index contributed by atoms with van der Waals surface area (Å²) < 4.78 is 5.60. The summed E-state index contributed by atoms with van der Waals surface area (Å²) in [6, 6.07) is 10.3. The number of thiophene rings is 1. The number of aliphatic hydroxyl groups excluding tert-OH is 1. The normalized spacial score (nSPS) is 16.7. The number of ether oxygens (including phenoxy) is 1. The van der Waals surface area contributed by atoms with E-state index in [1.807, 2.05) is 36.6 Å². The molecule has 1 amide bonds. The third-order valence-corrected chi connectivity index (χ3v) is 5.65. The molecule has 28 heavy (non-hydrogen) atoms. The fourth-order valence-electron chi connectivity index (χ4n) is 3.48. The average molecular weight is 400 g/mol. The molecule has 148 valence electrons. The second-order valence-corrected chi connectivity index (χ2v) is 7.63. The van der Waals surface area contributed by atoms with E-state index in [4.69, 9.17) is 4.74 Å². The number of aliphatic hydroxyl groups is 1. The van der Waals surface area contributed by atoms with E-state index in [9.17, 15) is 14.7 Å². The lowest BCUT2D eigenvalue weighted by molar-refractivity contribution is -0.129. The van der Waals surface area contributed by atoms with E-state index in [2.05, 4.69) is 6.92 Å². The predicted molar refractivity (Wildman–Crippen MR) is 110 cm³/mol. The Labute approximate surface area is 169 Å². The Hall–Kier alpha value is -2.60. The molecule has 0 saturated heterocycles. The van der Waals surface area contributed by atoms with Crippen LogP contribution in [0.25, 0.3) is 0 Å². The molecule has 0 spiro atoms. The number of nitrogens with zero attached hydrogens (tertiary/aromatic N) is 1. The highest BCUT2D eigenvalue weighted by Crippen LogP contribution is 2.40. The highest BCUT2D eigenvalue weighted by molar-refractivity contribution is 7.12. The van der Waals surface area contributed by atoms with Crippen LogP contribution in [0.15, 0.2) is 53.1 Å². The number of ketones is 1. The lowest BCUT2D eigenvalue weighted by atomic mass is 9.95. The Kier molecular flexibility index (Phi) is 6.52. The number of hydrogen-bond donors (Lipinski definition) is 1. The van der Waals surface area contributed by atoms with Gasteiger partial charge in [0, 0.05) is 6.54 Å². The van der Waals surface area contributed by atoms with Crippen LogP contribution in [0.4, 0.5) is 0 Å². The molecule has 5 nitrogen and oxygen atoms in total. The summed E-state index contributed by atoms with van der Waals surface area (Å²) in [4.78, 5) is 28.1. The first-order valence-corrected chi connectivity index (χ1v) is 10.5. The standard InChI is InChI=1S/C22H25NO4S/c1-3-5-6-12-23-19(15-9-7-10-16(14-15)27-4-2)18(21(25)22(23)26)20(24)17-11-8-13-28-17/h7-11,13-14,19,25H,3-6,12H2,1-2H3. The monoisotopic (exact) mass is 399 g/mol. The van der Waals surface area contributed by atoms with Crippen molar-refractivity contribution in [2.24, 2.45) is 0 Å². The van der Waals surface area contributed by atoms with Crippen LogP contribution in [-0.4, -0.2) is 34.8 Å². The molecule has 0 fully saturated rings. The van der Waals surface area contributed by atoms with Gasteiger partial charge in [0.1, 0.15) is 5.75 Å². The number of amides is 1. The van der Waals surface area contributed by atoms with E-state index in [-0.39, 0.29) is 11.4 Å².